The van der Waals surface area contributed by atoms with E-state index in [0.717, 1.165) is 55.9 Å². The predicted molar refractivity (Wildman–Crippen MR) is 77.4 cm³/mol. The van der Waals surface area contributed by atoms with Crippen molar-refractivity contribution < 1.29 is 9.84 Å². The van der Waals surface area contributed by atoms with Gasteiger partial charge in [-0.1, -0.05) is 6.92 Å². The van der Waals surface area contributed by atoms with E-state index in [1.807, 2.05) is 19.1 Å². The number of hydrogen-bond acceptors (Lipinski definition) is 4. The van der Waals surface area contributed by atoms with Crippen LogP contribution in [0.4, 0.5) is 0 Å². The number of aliphatic hydroxyl groups excluding tert-OH is 1. The second-order valence-corrected chi connectivity index (χ2v) is 4.71. The number of rotatable bonds is 10. The zero-order chi connectivity index (χ0) is 13.9. The number of aryl methyl sites for hydroxylation is 1. The lowest BCUT2D eigenvalue weighted by Crippen LogP contribution is -2.16. The summed E-state index contributed by atoms with van der Waals surface area (Å²) >= 11 is 0. The van der Waals surface area contributed by atoms with E-state index in [1.165, 1.54) is 0 Å². The SMILES string of the molecule is CCCNCc1nc(C)ccc1OCCCCCO. The molecule has 0 radical (unpaired) electrons. The van der Waals surface area contributed by atoms with Crippen molar-refractivity contribution in [1.82, 2.24) is 10.3 Å². The summed E-state index contributed by atoms with van der Waals surface area (Å²) in [7, 11) is 0. The summed E-state index contributed by atoms with van der Waals surface area (Å²) in [6.07, 6.45) is 3.93. The van der Waals surface area contributed by atoms with Crippen LogP contribution in [0.3, 0.4) is 0 Å². The van der Waals surface area contributed by atoms with Crippen LogP contribution in [-0.4, -0.2) is 29.8 Å². The van der Waals surface area contributed by atoms with Crippen molar-refractivity contribution >= 4 is 0 Å². The third-order valence-electron chi connectivity index (χ3n) is 2.85. The molecule has 0 amide bonds. The highest BCUT2D eigenvalue weighted by molar-refractivity contribution is 5.29. The number of ether oxygens (including phenoxy) is 1. The molecule has 2 N–H and O–H groups in total. The first-order chi connectivity index (χ1) is 9.27. The van der Waals surface area contributed by atoms with E-state index in [4.69, 9.17) is 9.84 Å². The Morgan fingerprint density at radius 1 is 1.26 bits per heavy atom. The molecular formula is C15H26N2O2. The van der Waals surface area contributed by atoms with Crippen LogP contribution in [0.15, 0.2) is 12.1 Å². The number of nitrogens with one attached hydrogen (secondary N) is 1. The predicted octanol–water partition coefficient (Wildman–Crippen LogP) is 2.43. The third-order valence-corrected chi connectivity index (χ3v) is 2.85. The average Bonchev–Trinajstić information content (AvgIpc) is 2.41. The summed E-state index contributed by atoms with van der Waals surface area (Å²) in [6.45, 7) is 6.83. The van der Waals surface area contributed by atoms with Gasteiger partial charge in [0, 0.05) is 18.8 Å². The molecule has 4 heteroatoms. The fourth-order valence-corrected chi connectivity index (χ4v) is 1.81. The van der Waals surface area contributed by atoms with Crippen molar-refractivity contribution in [2.24, 2.45) is 0 Å². The van der Waals surface area contributed by atoms with Gasteiger partial charge in [0.1, 0.15) is 5.75 Å². The molecule has 0 aliphatic rings. The molecule has 108 valence electrons. The fourth-order valence-electron chi connectivity index (χ4n) is 1.81. The van der Waals surface area contributed by atoms with Crippen LogP contribution in [0.5, 0.6) is 5.75 Å². The van der Waals surface area contributed by atoms with Crippen molar-refractivity contribution in [1.29, 1.82) is 0 Å². The van der Waals surface area contributed by atoms with Crippen LogP contribution >= 0.6 is 0 Å². The lowest BCUT2D eigenvalue weighted by Gasteiger charge is -2.12. The Bertz CT molecular complexity index is 356. The first kappa shape index (κ1) is 15.9. The Morgan fingerprint density at radius 2 is 2.11 bits per heavy atom. The molecule has 0 aliphatic heterocycles. The monoisotopic (exact) mass is 266 g/mol. The van der Waals surface area contributed by atoms with E-state index in [0.29, 0.717) is 6.61 Å². The zero-order valence-electron chi connectivity index (χ0n) is 12.1. The molecule has 4 nitrogen and oxygen atoms in total. The highest BCUT2D eigenvalue weighted by atomic mass is 16.5. The topological polar surface area (TPSA) is 54.4 Å². The van der Waals surface area contributed by atoms with Crippen LogP contribution < -0.4 is 10.1 Å². The van der Waals surface area contributed by atoms with Gasteiger partial charge in [-0.15, -0.1) is 0 Å². The summed E-state index contributed by atoms with van der Waals surface area (Å²) in [5, 5.41) is 12.1. The Hall–Kier alpha value is -1.13. The van der Waals surface area contributed by atoms with Crippen molar-refractivity contribution in [3.63, 3.8) is 0 Å². The molecule has 0 fully saturated rings. The molecule has 0 bridgehead atoms. The molecule has 1 rings (SSSR count). The first-order valence-corrected chi connectivity index (χ1v) is 7.18. The number of aliphatic hydroxyl groups is 1. The minimum absolute atomic E-state index is 0.262. The minimum Gasteiger partial charge on any atom is -0.492 e. The lowest BCUT2D eigenvalue weighted by molar-refractivity contribution is 0.264. The van der Waals surface area contributed by atoms with Crippen LogP contribution in [0.1, 0.15) is 44.0 Å². The molecule has 0 unspecified atom stereocenters. The van der Waals surface area contributed by atoms with E-state index in [2.05, 4.69) is 17.2 Å². The van der Waals surface area contributed by atoms with E-state index >= 15 is 0 Å². The molecular weight excluding hydrogens is 240 g/mol. The zero-order valence-corrected chi connectivity index (χ0v) is 12.1. The van der Waals surface area contributed by atoms with Gasteiger partial charge >= 0.3 is 0 Å². The summed E-state index contributed by atoms with van der Waals surface area (Å²) < 4.78 is 5.79. The standard InChI is InChI=1S/C15H26N2O2/c1-3-9-16-12-14-15(8-7-13(2)17-14)19-11-6-4-5-10-18/h7-8,16,18H,3-6,9-12H2,1-2H3. The van der Waals surface area contributed by atoms with Crippen LogP contribution in [0.25, 0.3) is 0 Å². The summed E-state index contributed by atoms with van der Waals surface area (Å²) in [5.74, 6) is 0.873. The summed E-state index contributed by atoms with van der Waals surface area (Å²) in [5.41, 5.74) is 2.00. The maximum atomic E-state index is 8.72. The van der Waals surface area contributed by atoms with Crippen LogP contribution in [-0.2, 0) is 6.54 Å². The maximum absolute atomic E-state index is 8.72. The van der Waals surface area contributed by atoms with Crippen LogP contribution in [0.2, 0.25) is 0 Å². The van der Waals surface area contributed by atoms with Gasteiger partial charge in [0.25, 0.3) is 0 Å². The largest absolute Gasteiger partial charge is 0.492 e. The van der Waals surface area contributed by atoms with Crippen molar-refractivity contribution in [2.75, 3.05) is 19.8 Å². The number of pyridine rings is 1. The number of unbranched alkanes of at least 4 members (excludes halogenated alkanes) is 2. The Morgan fingerprint density at radius 3 is 2.84 bits per heavy atom. The van der Waals surface area contributed by atoms with E-state index in [-0.39, 0.29) is 6.61 Å². The molecule has 0 atom stereocenters. The fraction of sp³-hybridized carbons (Fsp3) is 0.667. The first-order valence-electron chi connectivity index (χ1n) is 7.18. The number of nitrogens with zero attached hydrogens (tertiary/aromatic N) is 1. The molecule has 0 saturated carbocycles. The smallest absolute Gasteiger partial charge is 0.142 e. The second kappa shape index (κ2) is 9.75. The van der Waals surface area contributed by atoms with Gasteiger partial charge in [0.2, 0.25) is 0 Å². The second-order valence-electron chi connectivity index (χ2n) is 4.71. The number of hydrogen-bond donors (Lipinski definition) is 2. The summed E-state index contributed by atoms with van der Waals surface area (Å²) in [6, 6.07) is 3.98. The van der Waals surface area contributed by atoms with Crippen LogP contribution in [0, 0.1) is 6.92 Å². The van der Waals surface area contributed by atoms with Gasteiger partial charge < -0.3 is 15.2 Å². The molecule has 0 saturated heterocycles. The molecule has 0 aromatic carbocycles. The highest BCUT2D eigenvalue weighted by Gasteiger charge is 2.05. The summed E-state index contributed by atoms with van der Waals surface area (Å²) in [4.78, 5) is 4.53. The van der Waals surface area contributed by atoms with Crippen molar-refractivity contribution in [3.8, 4) is 5.75 Å². The van der Waals surface area contributed by atoms with Crippen molar-refractivity contribution in [3.05, 3.63) is 23.5 Å². The molecule has 1 heterocycles. The van der Waals surface area contributed by atoms with E-state index in [1.54, 1.807) is 0 Å². The van der Waals surface area contributed by atoms with Gasteiger partial charge in [0.05, 0.1) is 12.3 Å². The average molecular weight is 266 g/mol. The Balaban J connectivity index is 2.45. The van der Waals surface area contributed by atoms with Gasteiger partial charge in [-0.2, -0.15) is 0 Å². The van der Waals surface area contributed by atoms with E-state index < -0.39 is 0 Å². The number of aromatic nitrogens is 1. The highest BCUT2D eigenvalue weighted by Crippen LogP contribution is 2.17. The third kappa shape index (κ3) is 6.55. The lowest BCUT2D eigenvalue weighted by atomic mass is 10.2. The van der Waals surface area contributed by atoms with E-state index in [9.17, 15) is 0 Å². The maximum Gasteiger partial charge on any atom is 0.142 e. The van der Waals surface area contributed by atoms with Gasteiger partial charge in [0.15, 0.2) is 0 Å². The van der Waals surface area contributed by atoms with Gasteiger partial charge in [-0.05, 0) is 51.3 Å². The van der Waals surface area contributed by atoms with Gasteiger partial charge in [-0.25, -0.2) is 0 Å². The Labute approximate surface area is 116 Å². The molecule has 19 heavy (non-hydrogen) atoms. The minimum atomic E-state index is 0.262. The quantitative estimate of drug-likeness (QED) is 0.639. The molecule has 0 spiro atoms. The Kier molecular flexibility index (Phi) is 8.18. The molecule has 1 aromatic heterocycles. The van der Waals surface area contributed by atoms with Gasteiger partial charge in [-0.3, -0.25) is 4.98 Å². The molecule has 1 aromatic rings. The normalized spacial score (nSPS) is 10.7. The van der Waals surface area contributed by atoms with Crippen molar-refractivity contribution in [2.45, 2.75) is 46.1 Å². The molecule has 0 aliphatic carbocycles.